The second-order valence-corrected chi connectivity index (χ2v) is 3.00. The van der Waals surface area contributed by atoms with E-state index in [4.69, 9.17) is 0 Å². The minimum atomic E-state index is 0. The van der Waals surface area contributed by atoms with Crippen molar-refractivity contribution in [3.05, 3.63) is 0 Å². The van der Waals surface area contributed by atoms with E-state index in [0.29, 0.717) is 0 Å². The van der Waals surface area contributed by atoms with Crippen LogP contribution in [-0.2, 0) is 0 Å². The van der Waals surface area contributed by atoms with Gasteiger partial charge in [-0.3, -0.25) is 0 Å². The summed E-state index contributed by atoms with van der Waals surface area (Å²) in [5.74, 6) is 0. The van der Waals surface area contributed by atoms with E-state index in [2.05, 4.69) is 31.9 Å². The zero-order chi connectivity index (χ0) is 16.2. The van der Waals surface area contributed by atoms with Crippen LogP contribution < -0.4 is 31.9 Å². The summed E-state index contributed by atoms with van der Waals surface area (Å²) in [6, 6.07) is 0. The Morgan fingerprint density at radius 3 is 0.250 bits per heavy atom. The molecule has 0 saturated carbocycles. The van der Waals surface area contributed by atoms with Gasteiger partial charge in [0.05, 0.1) is 0 Å². The molecule has 0 saturated heterocycles. The molecule has 0 heterocycles. The number of hydrogen-bond donors (Lipinski definition) is 6. The van der Waals surface area contributed by atoms with E-state index in [9.17, 15) is 0 Å². The molecular formula is C12H48Ga2N6. The average molecular weight is 416 g/mol. The Morgan fingerprint density at radius 1 is 0.250 bits per heavy atom. The van der Waals surface area contributed by atoms with Crippen LogP contribution in [0.5, 0.6) is 0 Å². The first-order valence-corrected chi connectivity index (χ1v) is 6.00. The third-order valence-corrected chi connectivity index (χ3v) is 0. The zero-order valence-electron chi connectivity index (χ0n) is 15.0. The molecular weight excluding hydrogens is 368 g/mol. The minimum absolute atomic E-state index is 0. The fourth-order valence-electron chi connectivity index (χ4n) is 0. The van der Waals surface area contributed by atoms with Gasteiger partial charge in [-0.25, -0.2) is 0 Å². The van der Waals surface area contributed by atoms with Crippen molar-refractivity contribution in [2.45, 2.75) is 0 Å². The Balaban J connectivity index is -0.0000000141. The molecule has 0 spiro atoms. The number of nitrogens with one attached hydrogen (secondary N) is 6. The summed E-state index contributed by atoms with van der Waals surface area (Å²) in [6.45, 7) is 0. The molecule has 0 aliphatic carbocycles. The molecule has 0 fully saturated rings. The van der Waals surface area contributed by atoms with Crippen molar-refractivity contribution in [1.82, 2.24) is 31.9 Å². The Morgan fingerprint density at radius 2 is 0.250 bits per heavy atom. The molecule has 0 rings (SSSR count). The van der Waals surface area contributed by atoms with Crippen molar-refractivity contribution in [3.63, 3.8) is 0 Å². The molecule has 0 aromatic carbocycles. The Hall–Kier alpha value is 1.03. The second-order valence-electron chi connectivity index (χ2n) is 3.00. The summed E-state index contributed by atoms with van der Waals surface area (Å²) in [5.41, 5.74) is 0. The Bertz CT molecular complexity index is 41.4. The van der Waals surface area contributed by atoms with Crippen LogP contribution in [0.2, 0.25) is 0 Å². The van der Waals surface area contributed by atoms with Crippen LogP contribution in [0.1, 0.15) is 0 Å². The molecule has 0 radical (unpaired) electrons. The molecule has 0 aliphatic heterocycles. The first kappa shape index (κ1) is 49.7. The van der Waals surface area contributed by atoms with Crippen molar-refractivity contribution in [2.24, 2.45) is 0 Å². The monoisotopic (exact) mass is 414 g/mol. The number of rotatable bonds is 0. The van der Waals surface area contributed by atoms with E-state index in [-0.39, 0.29) is 39.6 Å². The quantitative estimate of drug-likeness (QED) is 0.232. The summed E-state index contributed by atoms with van der Waals surface area (Å²) >= 11 is 0. The fourth-order valence-corrected chi connectivity index (χ4v) is 0. The molecule has 0 aliphatic rings. The van der Waals surface area contributed by atoms with Gasteiger partial charge in [-0.1, -0.05) is 0 Å². The van der Waals surface area contributed by atoms with Gasteiger partial charge in [-0.05, 0) is 84.6 Å². The summed E-state index contributed by atoms with van der Waals surface area (Å²) in [4.78, 5) is 0. The van der Waals surface area contributed by atoms with Gasteiger partial charge in [-0.15, -0.1) is 0 Å². The maximum atomic E-state index is 2.75. The standard InChI is InChI=1S/6C2H7N.2Ga.6H/c6*1-3-2;;;;;;;;/h6*3H,1-2H3;;;;;;;;. The molecule has 0 atom stereocenters. The molecule has 0 amide bonds. The first-order valence-electron chi connectivity index (χ1n) is 6.00. The number of hydrogen-bond acceptors (Lipinski definition) is 6. The van der Waals surface area contributed by atoms with Gasteiger partial charge in [0, 0.05) is 0 Å². The third-order valence-electron chi connectivity index (χ3n) is 0. The van der Waals surface area contributed by atoms with E-state index in [1.165, 1.54) is 0 Å². The van der Waals surface area contributed by atoms with Gasteiger partial charge in [0.2, 0.25) is 0 Å². The SMILES string of the molecule is CNC.CNC.CNC.CNC.CNC.CNC.[GaH3].[GaH3]. The van der Waals surface area contributed by atoms with E-state index < -0.39 is 0 Å². The van der Waals surface area contributed by atoms with Crippen LogP contribution in [0.25, 0.3) is 0 Å². The van der Waals surface area contributed by atoms with Crippen molar-refractivity contribution >= 4 is 39.6 Å². The van der Waals surface area contributed by atoms with E-state index in [1.54, 1.807) is 0 Å². The van der Waals surface area contributed by atoms with Gasteiger partial charge >= 0.3 is 39.6 Å². The normalized spacial score (nSPS) is 5.40. The van der Waals surface area contributed by atoms with Crippen LogP contribution in [0.15, 0.2) is 0 Å². The van der Waals surface area contributed by atoms with Gasteiger partial charge < -0.3 is 31.9 Å². The fraction of sp³-hybridized carbons (Fsp3) is 1.00. The molecule has 0 unspecified atom stereocenters. The summed E-state index contributed by atoms with van der Waals surface area (Å²) in [7, 11) is 22.5. The van der Waals surface area contributed by atoms with Crippen LogP contribution in [0, 0.1) is 0 Å². The molecule has 0 aromatic heterocycles. The van der Waals surface area contributed by atoms with Crippen molar-refractivity contribution in [2.75, 3.05) is 84.6 Å². The van der Waals surface area contributed by atoms with Crippen LogP contribution in [0.4, 0.5) is 0 Å². The van der Waals surface area contributed by atoms with Gasteiger partial charge in [-0.2, -0.15) is 0 Å². The second kappa shape index (κ2) is 147. The van der Waals surface area contributed by atoms with Crippen molar-refractivity contribution in [1.29, 1.82) is 0 Å². The Labute approximate surface area is 155 Å². The molecule has 6 N–H and O–H groups in total. The first-order chi connectivity index (χ1) is 8.49. The summed E-state index contributed by atoms with van der Waals surface area (Å²) < 4.78 is 0. The van der Waals surface area contributed by atoms with Gasteiger partial charge in [0.1, 0.15) is 0 Å². The molecule has 6 nitrogen and oxygen atoms in total. The topological polar surface area (TPSA) is 72.2 Å². The van der Waals surface area contributed by atoms with Crippen LogP contribution in [-0.4, -0.2) is 124 Å². The molecule has 20 heavy (non-hydrogen) atoms. The predicted octanol–water partition coefficient (Wildman–Crippen LogP) is -3.35. The van der Waals surface area contributed by atoms with Crippen molar-refractivity contribution < 1.29 is 0 Å². The van der Waals surface area contributed by atoms with Gasteiger partial charge in [0.25, 0.3) is 0 Å². The molecule has 0 aromatic rings. The predicted molar refractivity (Wildman–Crippen MR) is 110 cm³/mol. The van der Waals surface area contributed by atoms with Crippen LogP contribution >= 0.6 is 0 Å². The molecule has 132 valence electrons. The Kier molecular flexibility index (Phi) is 365. The van der Waals surface area contributed by atoms with E-state index in [0.717, 1.165) is 0 Å². The maximum absolute atomic E-state index is 2.75. The van der Waals surface area contributed by atoms with Crippen molar-refractivity contribution in [3.8, 4) is 0 Å². The van der Waals surface area contributed by atoms with Crippen LogP contribution in [0.3, 0.4) is 0 Å². The third kappa shape index (κ3) is 5800. The molecule has 8 heteroatoms. The van der Waals surface area contributed by atoms with E-state index in [1.807, 2.05) is 84.6 Å². The van der Waals surface area contributed by atoms with E-state index >= 15 is 0 Å². The summed E-state index contributed by atoms with van der Waals surface area (Å²) in [6.07, 6.45) is 0. The summed E-state index contributed by atoms with van der Waals surface area (Å²) in [5, 5.41) is 16.5. The zero-order valence-corrected chi connectivity index (χ0v) is 15.0. The average Bonchev–Trinajstić information content (AvgIpc) is 2.23. The van der Waals surface area contributed by atoms with Gasteiger partial charge in [0.15, 0.2) is 0 Å². The molecule has 0 bridgehead atoms.